The molecular weight excluding hydrogens is 325 g/mol. The molecule has 0 saturated carbocycles. The first kappa shape index (κ1) is 18.0. The first-order valence-corrected chi connectivity index (χ1v) is 8.54. The molecule has 2 rings (SSSR count). The van der Waals surface area contributed by atoms with Gasteiger partial charge < -0.3 is 19.9 Å². The average molecular weight is 340 g/mol. The van der Waals surface area contributed by atoms with Crippen LogP contribution in [0.15, 0.2) is 0 Å². The highest BCUT2D eigenvalue weighted by Crippen LogP contribution is 2.38. The second kappa shape index (κ2) is 5.97. The van der Waals surface area contributed by atoms with Gasteiger partial charge in [-0.15, -0.1) is 0 Å². The van der Waals surface area contributed by atoms with Crippen molar-refractivity contribution in [1.29, 1.82) is 0 Å². The molecule has 6 atom stereocenters. The summed E-state index contributed by atoms with van der Waals surface area (Å²) >= 11 is 0. The molecule has 0 bridgehead atoms. The smallest absolute Gasteiger partial charge is 0.485 e. The van der Waals surface area contributed by atoms with Crippen molar-refractivity contribution in [1.82, 2.24) is 0 Å². The fraction of sp³-hybridized carbons (Fsp3) is 1.00. The maximum absolute atomic E-state index is 10.7. The van der Waals surface area contributed by atoms with Crippen LogP contribution in [0.4, 0.5) is 13.2 Å². The molecule has 2 aliphatic rings. The molecule has 2 aliphatic heterocycles. The van der Waals surface area contributed by atoms with Gasteiger partial charge in [0.25, 0.3) is 0 Å². The minimum Gasteiger partial charge on any atom is -0.741 e. The van der Waals surface area contributed by atoms with E-state index in [9.17, 15) is 28.5 Å². The molecule has 2 unspecified atom stereocenters. The molecule has 120 valence electrons. The Bertz CT molecular complexity index is 439. The van der Waals surface area contributed by atoms with Crippen molar-refractivity contribution in [2.75, 3.05) is 5.75 Å². The fourth-order valence-electron chi connectivity index (χ4n) is 2.26. The highest BCUT2D eigenvalue weighted by molar-refractivity contribution is 7.98. The molecule has 11 heteroatoms. The maximum atomic E-state index is 10.7. The van der Waals surface area contributed by atoms with Crippen LogP contribution in [0.25, 0.3) is 0 Å². The van der Waals surface area contributed by atoms with Crippen LogP contribution in [0, 0.1) is 0 Å². The summed E-state index contributed by atoms with van der Waals surface area (Å²) < 4.78 is 58.9. The summed E-state index contributed by atoms with van der Waals surface area (Å²) in [5.41, 5.74) is -5.65. The number of aliphatic hydroxyl groups is 3. The van der Waals surface area contributed by atoms with Crippen molar-refractivity contribution in [2.24, 2.45) is 0 Å². The molecule has 0 aliphatic carbocycles. The second-order valence-electron chi connectivity index (χ2n) is 4.67. The Morgan fingerprint density at radius 1 is 1.20 bits per heavy atom. The second-order valence-corrected chi connectivity index (χ2v) is 8.66. The van der Waals surface area contributed by atoms with Gasteiger partial charge in [0.2, 0.25) is 0 Å². The van der Waals surface area contributed by atoms with Gasteiger partial charge in [-0.1, -0.05) is 0 Å². The molecule has 0 amide bonds. The number of halogens is 3. The summed E-state index contributed by atoms with van der Waals surface area (Å²) in [5, 5.41) is 29.0. The molecule has 3 N–H and O–H groups in total. The van der Waals surface area contributed by atoms with Gasteiger partial charge in [0, 0.05) is 17.3 Å². The van der Waals surface area contributed by atoms with Crippen LogP contribution in [-0.2, 0) is 21.0 Å². The van der Waals surface area contributed by atoms with E-state index in [0.717, 1.165) is 6.42 Å². The molecule has 2 heterocycles. The summed E-state index contributed by atoms with van der Waals surface area (Å²) in [5.74, 6) is 0.685. The van der Waals surface area contributed by atoms with Crippen LogP contribution in [0.5, 0.6) is 0 Å². The summed E-state index contributed by atoms with van der Waals surface area (Å²) in [7, 11) is -6.04. The topological polar surface area (TPSA) is 118 Å². The molecule has 0 aromatic heterocycles. The molecule has 0 aromatic rings. The number of aliphatic hydroxyl groups excluding tert-OH is 3. The Morgan fingerprint density at radius 2 is 1.65 bits per heavy atom. The molecule has 2 saturated heterocycles. The van der Waals surface area contributed by atoms with Gasteiger partial charge in [0.1, 0.15) is 29.3 Å². The zero-order valence-electron chi connectivity index (χ0n) is 10.3. The molecule has 0 spiro atoms. The fourth-order valence-corrected chi connectivity index (χ4v) is 5.44. The Kier molecular flexibility index (Phi) is 5.37. The Morgan fingerprint density at radius 3 is 2.00 bits per heavy atom. The SMILES string of the molecule is CC1C[C@@H](O)[C@@H]2[C@@H](O)[C@H](O)C[S+]12.O=S(=O)([O-])C(F)(F)F. The van der Waals surface area contributed by atoms with E-state index in [-0.39, 0.29) is 16.1 Å². The predicted molar refractivity (Wildman–Crippen MR) is 63.9 cm³/mol. The third-order valence-corrected chi connectivity index (χ3v) is 7.01. The van der Waals surface area contributed by atoms with E-state index in [1.807, 2.05) is 0 Å². The normalized spacial score (nSPS) is 41.0. The summed E-state index contributed by atoms with van der Waals surface area (Å²) in [6, 6.07) is 0. The molecular formula is C9H15F3O6S2. The summed E-state index contributed by atoms with van der Waals surface area (Å²) in [4.78, 5) is 0. The molecule has 0 radical (unpaired) electrons. The monoisotopic (exact) mass is 340 g/mol. The molecule has 2 fully saturated rings. The first-order chi connectivity index (χ1) is 8.86. The van der Waals surface area contributed by atoms with Gasteiger partial charge in [-0.3, -0.25) is 0 Å². The lowest BCUT2D eigenvalue weighted by molar-refractivity contribution is -0.0517. The number of fused-ring (bicyclic) bond motifs is 1. The summed E-state index contributed by atoms with van der Waals surface area (Å²) in [6.07, 6.45) is -0.892. The van der Waals surface area contributed by atoms with Gasteiger partial charge in [0.15, 0.2) is 15.4 Å². The third-order valence-electron chi connectivity index (χ3n) is 3.20. The van der Waals surface area contributed by atoms with Crippen molar-refractivity contribution >= 4 is 21.0 Å². The lowest BCUT2D eigenvalue weighted by Crippen LogP contribution is -2.36. The first-order valence-electron chi connectivity index (χ1n) is 5.61. The Hall–Kier alpha value is -0.0700. The van der Waals surface area contributed by atoms with Crippen LogP contribution in [0.3, 0.4) is 0 Å². The van der Waals surface area contributed by atoms with Crippen LogP contribution in [0.2, 0.25) is 0 Å². The minimum atomic E-state index is -6.09. The van der Waals surface area contributed by atoms with Gasteiger partial charge in [0.05, 0.1) is 0 Å². The maximum Gasteiger partial charge on any atom is 0.485 e. The van der Waals surface area contributed by atoms with Crippen molar-refractivity contribution in [3.05, 3.63) is 0 Å². The average Bonchev–Trinajstić information content (AvgIpc) is 2.67. The van der Waals surface area contributed by atoms with Gasteiger partial charge >= 0.3 is 5.51 Å². The van der Waals surface area contributed by atoms with Crippen molar-refractivity contribution in [3.63, 3.8) is 0 Å². The van der Waals surface area contributed by atoms with E-state index < -0.39 is 33.9 Å². The summed E-state index contributed by atoms with van der Waals surface area (Å²) in [6.45, 7) is 2.09. The quantitative estimate of drug-likeness (QED) is 0.293. The number of alkyl halides is 3. The van der Waals surface area contributed by atoms with E-state index >= 15 is 0 Å². The number of rotatable bonds is 0. The Labute approximate surface area is 116 Å². The lowest BCUT2D eigenvalue weighted by Gasteiger charge is -2.11. The standard InChI is InChI=1S/C8H15O3S.CHF3O3S/c1-4-2-5(9)8-7(11)6(10)3-12(4)8;2-1(3,4)8(5,6)7/h4-11H,2-3H2,1H3;(H,5,6,7)/q+1;/p-1/t4?,5-,6-,7+,8-,12?;/m1./s1. The van der Waals surface area contributed by atoms with Crippen LogP contribution >= 0.6 is 0 Å². The van der Waals surface area contributed by atoms with Crippen molar-refractivity contribution in [2.45, 2.75) is 47.7 Å². The van der Waals surface area contributed by atoms with E-state index in [2.05, 4.69) is 6.92 Å². The highest BCUT2D eigenvalue weighted by atomic mass is 32.2. The van der Waals surface area contributed by atoms with E-state index in [0.29, 0.717) is 11.0 Å². The van der Waals surface area contributed by atoms with Crippen LogP contribution in [0.1, 0.15) is 13.3 Å². The minimum absolute atomic E-state index is 0.0463. The molecule has 6 nitrogen and oxygen atoms in total. The van der Waals surface area contributed by atoms with E-state index in [4.69, 9.17) is 13.0 Å². The Balaban J connectivity index is 0.000000221. The van der Waals surface area contributed by atoms with Crippen molar-refractivity contribution < 1.29 is 41.5 Å². The predicted octanol–water partition coefficient (Wildman–Crippen LogP) is -1.09. The van der Waals surface area contributed by atoms with Crippen LogP contribution in [-0.4, -0.2) is 68.4 Å². The van der Waals surface area contributed by atoms with Gasteiger partial charge in [-0.2, -0.15) is 13.2 Å². The van der Waals surface area contributed by atoms with Gasteiger partial charge in [-0.05, 0) is 6.92 Å². The zero-order chi connectivity index (χ0) is 15.9. The number of hydrogen-bond donors (Lipinski definition) is 3. The van der Waals surface area contributed by atoms with Gasteiger partial charge in [-0.25, -0.2) is 8.42 Å². The molecule has 20 heavy (non-hydrogen) atoms. The molecule has 0 aromatic carbocycles. The van der Waals surface area contributed by atoms with E-state index in [1.54, 1.807) is 0 Å². The van der Waals surface area contributed by atoms with E-state index in [1.165, 1.54) is 0 Å². The van der Waals surface area contributed by atoms with Crippen LogP contribution < -0.4 is 0 Å². The lowest BCUT2D eigenvalue weighted by atomic mass is 10.0. The third kappa shape index (κ3) is 3.77. The highest BCUT2D eigenvalue weighted by Gasteiger charge is 2.60. The van der Waals surface area contributed by atoms with Crippen molar-refractivity contribution in [3.8, 4) is 0 Å². The number of hydrogen-bond acceptors (Lipinski definition) is 6. The zero-order valence-corrected chi connectivity index (χ0v) is 12.0. The largest absolute Gasteiger partial charge is 0.741 e.